The number of rotatable bonds is 6. The lowest BCUT2D eigenvalue weighted by molar-refractivity contribution is -0.151. The van der Waals surface area contributed by atoms with Crippen molar-refractivity contribution in [3.8, 4) is 5.75 Å². The molecule has 1 aromatic rings. The van der Waals surface area contributed by atoms with Gasteiger partial charge in [-0.25, -0.2) is 4.79 Å². The number of hydrogen-bond acceptors (Lipinski definition) is 4. The van der Waals surface area contributed by atoms with E-state index in [2.05, 4.69) is 0 Å². The van der Waals surface area contributed by atoms with Crippen LogP contribution in [-0.2, 0) is 20.4 Å². The van der Waals surface area contributed by atoms with E-state index < -0.39 is 14.4 Å². The normalized spacial score (nSPS) is 13.1. The maximum Gasteiger partial charge on any atom is 0.334 e. The molecule has 1 N–H and O–H groups in total. The van der Waals surface area contributed by atoms with Crippen LogP contribution in [0.15, 0.2) is 24.3 Å². The molecule has 1 rings (SSSR count). The maximum atomic E-state index is 11.9. The van der Waals surface area contributed by atoms with E-state index in [0.717, 1.165) is 5.56 Å². The lowest BCUT2D eigenvalue weighted by Gasteiger charge is -2.25. The first-order valence-corrected chi connectivity index (χ1v) is 9.85. The van der Waals surface area contributed by atoms with Crippen molar-refractivity contribution < 1.29 is 19.1 Å². The Kier molecular flexibility index (Phi) is 5.56. The van der Waals surface area contributed by atoms with E-state index in [1.807, 2.05) is 19.6 Å². The Labute approximate surface area is 115 Å². The quantitative estimate of drug-likeness (QED) is 0.644. The Bertz CT molecular complexity index is 408. The number of phenolic OH excluding ortho intramolecular Hbond substituents is 1. The minimum absolute atomic E-state index is 0.211. The van der Waals surface area contributed by atoms with Gasteiger partial charge in [-0.15, -0.1) is 0 Å². The van der Waals surface area contributed by atoms with Gasteiger partial charge >= 0.3 is 5.97 Å². The van der Waals surface area contributed by atoms with E-state index in [-0.39, 0.29) is 11.7 Å². The molecule has 0 spiro atoms. The summed E-state index contributed by atoms with van der Waals surface area (Å²) >= 11 is 0. The lowest BCUT2D eigenvalue weighted by atomic mass is 10.1. The number of carbonyl (C=O) groups excluding carboxylic acids is 1. The largest absolute Gasteiger partial charge is 0.508 e. The SMILES string of the molecule is CCOC(=O)[C@H](Cc1ccc(O)cc1)O[Si](C)(C)C. The molecule has 4 nitrogen and oxygen atoms in total. The van der Waals surface area contributed by atoms with Crippen LogP contribution in [0.2, 0.25) is 19.6 Å². The molecule has 0 aliphatic carbocycles. The van der Waals surface area contributed by atoms with Crippen molar-refractivity contribution in [2.45, 2.75) is 39.1 Å². The van der Waals surface area contributed by atoms with Crippen LogP contribution >= 0.6 is 0 Å². The number of esters is 1. The number of aromatic hydroxyl groups is 1. The van der Waals surface area contributed by atoms with E-state index in [0.29, 0.717) is 13.0 Å². The van der Waals surface area contributed by atoms with Gasteiger partial charge in [0.25, 0.3) is 0 Å². The third kappa shape index (κ3) is 5.89. The summed E-state index contributed by atoms with van der Waals surface area (Å²) < 4.78 is 10.9. The molecule has 0 unspecified atom stereocenters. The fraction of sp³-hybridized carbons (Fsp3) is 0.500. The number of benzene rings is 1. The third-order valence-electron chi connectivity index (χ3n) is 2.40. The highest BCUT2D eigenvalue weighted by Crippen LogP contribution is 2.16. The van der Waals surface area contributed by atoms with Gasteiger partial charge in [0.2, 0.25) is 0 Å². The second-order valence-electron chi connectivity index (χ2n) is 5.34. The summed E-state index contributed by atoms with van der Waals surface area (Å²) in [7, 11) is -1.83. The predicted molar refractivity (Wildman–Crippen MR) is 76.7 cm³/mol. The van der Waals surface area contributed by atoms with Gasteiger partial charge in [0.05, 0.1) is 6.61 Å². The van der Waals surface area contributed by atoms with Crippen molar-refractivity contribution in [2.75, 3.05) is 6.61 Å². The van der Waals surface area contributed by atoms with Crippen LogP contribution in [-0.4, -0.2) is 32.1 Å². The molecule has 0 fully saturated rings. The van der Waals surface area contributed by atoms with Gasteiger partial charge in [-0.3, -0.25) is 0 Å². The van der Waals surface area contributed by atoms with Crippen LogP contribution in [0.1, 0.15) is 12.5 Å². The van der Waals surface area contributed by atoms with E-state index >= 15 is 0 Å². The van der Waals surface area contributed by atoms with Crippen molar-refractivity contribution in [2.24, 2.45) is 0 Å². The Hall–Kier alpha value is -1.33. The molecule has 0 heterocycles. The smallest absolute Gasteiger partial charge is 0.334 e. The average molecular weight is 282 g/mol. The molecule has 5 heteroatoms. The summed E-state index contributed by atoms with van der Waals surface area (Å²) in [6.07, 6.45) is -0.111. The fourth-order valence-electron chi connectivity index (χ4n) is 1.68. The van der Waals surface area contributed by atoms with Crippen LogP contribution in [0.3, 0.4) is 0 Å². The van der Waals surface area contributed by atoms with Gasteiger partial charge < -0.3 is 14.3 Å². The van der Waals surface area contributed by atoms with Crippen LogP contribution < -0.4 is 0 Å². The van der Waals surface area contributed by atoms with Crippen molar-refractivity contribution in [1.82, 2.24) is 0 Å². The highest BCUT2D eigenvalue weighted by Gasteiger charge is 2.27. The summed E-state index contributed by atoms with van der Waals surface area (Å²) in [4.78, 5) is 11.9. The van der Waals surface area contributed by atoms with Gasteiger partial charge in [0.15, 0.2) is 8.32 Å². The highest BCUT2D eigenvalue weighted by molar-refractivity contribution is 6.69. The molecular weight excluding hydrogens is 260 g/mol. The molecule has 0 radical (unpaired) electrons. The molecule has 1 aromatic carbocycles. The Morgan fingerprint density at radius 2 is 1.84 bits per heavy atom. The maximum absolute atomic E-state index is 11.9. The van der Waals surface area contributed by atoms with Crippen LogP contribution in [0.5, 0.6) is 5.75 Å². The molecule has 106 valence electrons. The predicted octanol–water partition coefficient (Wildman–Crippen LogP) is 2.72. The number of ether oxygens (including phenoxy) is 1. The second kappa shape index (κ2) is 6.72. The van der Waals surface area contributed by atoms with E-state index in [9.17, 15) is 9.90 Å². The Morgan fingerprint density at radius 1 is 1.26 bits per heavy atom. The minimum atomic E-state index is -1.83. The first-order valence-electron chi connectivity index (χ1n) is 6.44. The number of phenols is 1. The van der Waals surface area contributed by atoms with Crippen LogP contribution in [0.4, 0.5) is 0 Å². The van der Waals surface area contributed by atoms with Crippen molar-refractivity contribution in [1.29, 1.82) is 0 Å². The van der Waals surface area contributed by atoms with Crippen LogP contribution in [0.25, 0.3) is 0 Å². The molecular formula is C14H22O4Si. The van der Waals surface area contributed by atoms with Crippen molar-refractivity contribution >= 4 is 14.3 Å². The molecule has 19 heavy (non-hydrogen) atoms. The number of hydrogen-bond donors (Lipinski definition) is 1. The molecule has 0 aromatic heterocycles. The first kappa shape index (κ1) is 15.7. The Morgan fingerprint density at radius 3 is 2.32 bits per heavy atom. The van der Waals surface area contributed by atoms with Gasteiger partial charge in [-0.05, 0) is 44.3 Å². The summed E-state index contributed by atoms with van der Waals surface area (Å²) in [5.41, 5.74) is 0.939. The van der Waals surface area contributed by atoms with Crippen molar-refractivity contribution in [3.63, 3.8) is 0 Å². The van der Waals surface area contributed by atoms with Crippen LogP contribution in [0, 0.1) is 0 Å². The van der Waals surface area contributed by atoms with Gasteiger partial charge in [-0.1, -0.05) is 12.1 Å². The second-order valence-corrected chi connectivity index (χ2v) is 9.80. The molecule has 0 aliphatic rings. The molecule has 0 amide bonds. The number of carbonyl (C=O) groups is 1. The molecule has 1 atom stereocenters. The van der Waals surface area contributed by atoms with Gasteiger partial charge in [-0.2, -0.15) is 0 Å². The molecule has 0 saturated carbocycles. The average Bonchev–Trinajstić information content (AvgIpc) is 2.30. The summed E-state index contributed by atoms with van der Waals surface area (Å²) in [5, 5.41) is 9.25. The lowest BCUT2D eigenvalue weighted by Crippen LogP contribution is -2.39. The monoisotopic (exact) mass is 282 g/mol. The third-order valence-corrected chi connectivity index (χ3v) is 3.39. The minimum Gasteiger partial charge on any atom is -0.508 e. The fourth-order valence-corrected chi connectivity index (χ4v) is 2.71. The van der Waals surface area contributed by atoms with Crippen molar-refractivity contribution in [3.05, 3.63) is 29.8 Å². The zero-order valence-electron chi connectivity index (χ0n) is 12.0. The molecule has 0 bridgehead atoms. The zero-order valence-corrected chi connectivity index (χ0v) is 13.0. The van der Waals surface area contributed by atoms with E-state index in [1.165, 1.54) is 0 Å². The standard InChI is InChI=1S/C14H22O4Si/c1-5-17-14(16)13(18-19(2,3)4)10-11-6-8-12(15)9-7-11/h6-9,13,15H,5,10H2,1-4H3/t13-/m0/s1. The summed E-state index contributed by atoms with van der Waals surface area (Å²) in [5.74, 6) is -0.111. The highest BCUT2D eigenvalue weighted by atomic mass is 28.4. The Balaban J connectivity index is 2.78. The topological polar surface area (TPSA) is 55.8 Å². The zero-order chi connectivity index (χ0) is 14.5. The van der Waals surface area contributed by atoms with Gasteiger partial charge in [0.1, 0.15) is 11.9 Å². The summed E-state index contributed by atoms with van der Waals surface area (Å²) in [6, 6.07) is 6.78. The van der Waals surface area contributed by atoms with Gasteiger partial charge in [0, 0.05) is 6.42 Å². The first-order chi connectivity index (χ1) is 8.81. The molecule has 0 saturated heterocycles. The summed E-state index contributed by atoms with van der Waals surface area (Å²) in [6.45, 7) is 8.24. The molecule has 0 aliphatic heterocycles. The van der Waals surface area contributed by atoms with E-state index in [4.69, 9.17) is 9.16 Å². The van der Waals surface area contributed by atoms with E-state index in [1.54, 1.807) is 31.2 Å².